The average Bonchev–Trinajstić information content (AvgIpc) is 3.12. The van der Waals surface area contributed by atoms with E-state index in [0.717, 1.165) is 30.7 Å². The molecule has 1 unspecified atom stereocenters. The maximum absolute atomic E-state index is 12.2. The zero-order chi connectivity index (χ0) is 13.9. The number of fused-ring (bicyclic) bond motifs is 1. The number of carbonyl (C=O) groups is 1. The Hall–Kier alpha value is -1.88. The van der Waals surface area contributed by atoms with Crippen LogP contribution in [-0.4, -0.2) is 46.5 Å². The zero-order valence-corrected chi connectivity index (χ0v) is 11.7. The third-order valence-electron chi connectivity index (χ3n) is 4.09. The number of H-pyrrole nitrogens is 1. The number of aromatic nitrogens is 2. The number of hydrogen-bond donors (Lipinski definition) is 2. The highest BCUT2D eigenvalue weighted by atomic mass is 16.1. The Bertz CT molecular complexity index is 607. The van der Waals surface area contributed by atoms with Gasteiger partial charge in [0.2, 0.25) is 0 Å². The van der Waals surface area contributed by atoms with Crippen molar-refractivity contribution in [2.45, 2.75) is 25.8 Å². The number of amides is 1. The van der Waals surface area contributed by atoms with E-state index >= 15 is 0 Å². The van der Waals surface area contributed by atoms with Gasteiger partial charge in [0.25, 0.3) is 5.91 Å². The van der Waals surface area contributed by atoms with Gasteiger partial charge in [-0.2, -0.15) is 0 Å². The molecular weight excluding hydrogens is 252 g/mol. The summed E-state index contributed by atoms with van der Waals surface area (Å²) >= 11 is 0. The van der Waals surface area contributed by atoms with E-state index in [2.05, 4.69) is 27.1 Å². The molecule has 1 saturated heterocycles. The number of rotatable bonds is 4. The van der Waals surface area contributed by atoms with Gasteiger partial charge < -0.3 is 10.3 Å². The quantitative estimate of drug-likeness (QED) is 0.892. The maximum atomic E-state index is 12.2. The van der Waals surface area contributed by atoms with Crippen LogP contribution in [0.2, 0.25) is 0 Å². The summed E-state index contributed by atoms with van der Waals surface area (Å²) in [4.78, 5) is 21.8. The van der Waals surface area contributed by atoms with Gasteiger partial charge in [0.1, 0.15) is 0 Å². The van der Waals surface area contributed by atoms with Crippen LogP contribution in [0.3, 0.4) is 0 Å². The first kappa shape index (κ1) is 13.1. The van der Waals surface area contributed by atoms with Crippen molar-refractivity contribution < 1.29 is 4.79 Å². The van der Waals surface area contributed by atoms with Gasteiger partial charge in [0.05, 0.1) is 17.4 Å². The number of likely N-dealkylation sites (tertiary alicyclic amines) is 1. The van der Waals surface area contributed by atoms with Crippen molar-refractivity contribution in [1.82, 2.24) is 20.2 Å². The van der Waals surface area contributed by atoms with Gasteiger partial charge in [-0.25, -0.2) is 4.98 Å². The summed E-state index contributed by atoms with van der Waals surface area (Å²) in [6, 6.07) is 6.03. The highest BCUT2D eigenvalue weighted by molar-refractivity contribution is 5.97. The second-order valence-electron chi connectivity index (χ2n) is 5.27. The van der Waals surface area contributed by atoms with Gasteiger partial charge in [-0.05, 0) is 44.1 Å². The van der Waals surface area contributed by atoms with E-state index in [1.807, 2.05) is 18.2 Å². The summed E-state index contributed by atoms with van der Waals surface area (Å²) in [6.45, 7) is 5.11. The van der Waals surface area contributed by atoms with Crippen molar-refractivity contribution in [2.24, 2.45) is 0 Å². The van der Waals surface area contributed by atoms with E-state index in [-0.39, 0.29) is 5.91 Å². The Balaban J connectivity index is 1.63. The Morgan fingerprint density at radius 1 is 1.55 bits per heavy atom. The van der Waals surface area contributed by atoms with Crippen molar-refractivity contribution in [2.75, 3.05) is 19.6 Å². The van der Waals surface area contributed by atoms with Gasteiger partial charge in [-0.3, -0.25) is 9.69 Å². The number of benzene rings is 1. The lowest BCUT2D eigenvalue weighted by molar-refractivity contribution is 0.0941. The van der Waals surface area contributed by atoms with Crippen LogP contribution < -0.4 is 5.32 Å². The zero-order valence-electron chi connectivity index (χ0n) is 11.7. The molecule has 1 amide bonds. The molecule has 0 bridgehead atoms. The Kier molecular flexibility index (Phi) is 3.69. The molecule has 20 heavy (non-hydrogen) atoms. The first-order valence-corrected chi connectivity index (χ1v) is 7.23. The second kappa shape index (κ2) is 5.63. The largest absolute Gasteiger partial charge is 0.350 e. The SMILES string of the molecule is CCN1CCCC1CNC(=O)c1ccc2nc[nH]c2c1. The van der Waals surface area contributed by atoms with Crippen molar-refractivity contribution in [3.05, 3.63) is 30.1 Å². The number of aromatic amines is 1. The van der Waals surface area contributed by atoms with Crippen molar-refractivity contribution in [1.29, 1.82) is 0 Å². The number of carbonyl (C=O) groups excluding carboxylic acids is 1. The average molecular weight is 272 g/mol. The van der Waals surface area contributed by atoms with Crippen molar-refractivity contribution in [3.8, 4) is 0 Å². The van der Waals surface area contributed by atoms with Crippen LogP contribution in [-0.2, 0) is 0 Å². The molecule has 3 rings (SSSR count). The molecule has 5 heteroatoms. The van der Waals surface area contributed by atoms with Crippen molar-refractivity contribution in [3.63, 3.8) is 0 Å². The summed E-state index contributed by atoms with van der Waals surface area (Å²) < 4.78 is 0. The summed E-state index contributed by atoms with van der Waals surface area (Å²) in [7, 11) is 0. The summed E-state index contributed by atoms with van der Waals surface area (Å²) in [6.07, 6.45) is 4.05. The third-order valence-corrected chi connectivity index (χ3v) is 4.09. The highest BCUT2D eigenvalue weighted by Gasteiger charge is 2.23. The normalized spacial score (nSPS) is 19.6. The van der Waals surface area contributed by atoms with Crippen LogP contribution in [0.25, 0.3) is 11.0 Å². The fraction of sp³-hybridized carbons (Fsp3) is 0.467. The van der Waals surface area contributed by atoms with E-state index in [0.29, 0.717) is 11.6 Å². The maximum Gasteiger partial charge on any atom is 0.251 e. The fourth-order valence-corrected chi connectivity index (χ4v) is 2.93. The molecule has 0 spiro atoms. The third kappa shape index (κ3) is 2.54. The number of nitrogens with zero attached hydrogens (tertiary/aromatic N) is 2. The van der Waals surface area contributed by atoms with E-state index in [1.54, 1.807) is 6.33 Å². The van der Waals surface area contributed by atoms with Crippen molar-refractivity contribution >= 4 is 16.9 Å². The molecule has 1 aromatic carbocycles. The minimum atomic E-state index is -0.00977. The van der Waals surface area contributed by atoms with Gasteiger partial charge in [0, 0.05) is 18.2 Å². The smallest absolute Gasteiger partial charge is 0.251 e. The lowest BCUT2D eigenvalue weighted by atomic mass is 10.1. The molecule has 1 aromatic heterocycles. The topological polar surface area (TPSA) is 61.0 Å². The first-order chi connectivity index (χ1) is 9.78. The predicted molar refractivity (Wildman–Crippen MR) is 78.7 cm³/mol. The molecule has 5 nitrogen and oxygen atoms in total. The number of nitrogens with one attached hydrogen (secondary N) is 2. The van der Waals surface area contributed by atoms with Gasteiger partial charge in [-0.15, -0.1) is 0 Å². The lowest BCUT2D eigenvalue weighted by Gasteiger charge is -2.22. The highest BCUT2D eigenvalue weighted by Crippen LogP contribution is 2.16. The summed E-state index contributed by atoms with van der Waals surface area (Å²) in [5, 5.41) is 3.05. The van der Waals surface area contributed by atoms with E-state index in [1.165, 1.54) is 12.8 Å². The van der Waals surface area contributed by atoms with E-state index in [9.17, 15) is 4.79 Å². The monoisotopic (exact) mass is 272 g/mol. The molecule has 106 valence electrons. The van der Waals surface area contributed by atoms with Crippen LogP contribution in [0.15, 0.2) is 24.5 Å². The standard InChI is InChI=1S/C15H20N4O/c1-2-19-7-3-4-12(19)9-16-15(20)11-5-6-13-14(8-11)18-10-17-13/h5-6,8,10,12H,2-4,7,9H2,1H3,(H,16,20)(H,17,18). The van der Waals surface area contributed by atoms with Gasteiger partial charge >= 0.3 is 0 Å². The molecule has 0 saturated carbocycles. The number of likely N-dealkylation sites (N-methyl/N-ethyl adjacent to an activating group) is 1. The van der Waals surface area contributed by atoms with Crippen LogP contribution in [0.5, 0.6) is 0 Å². The molecule has 2 heterocycles. The summed E-state index contributed by atoms with van der Waals surface area (Å²) in [5.41, 5.74) is 2.46. The minimum absolute atomic E-state index is 0.00977. The summed E-state index contributed by atoms with van der Waals surface area (Å²) in [5.74, 6) is -0.00977. The van der Waals surface area contributed by atoms with Gasteiger partial charge in [0.15, 0.2) is 0 Å². The van der Waals surface area contributed by atoms with E-state index < -0.39 is 0 Å². The predicted octanol–water partition coefficient (Wildman–Crippen LogP) is 1.78. The second-order valence-corrected chi connectivity index (χ2v) is 5.27. The molecule has 0 radical (unpaired) electrons. The molecule has 1 fully saturated rings. The Morgan fingerprint density at radius 2 is 2.45 bits per heavy atom. The molecule has 0 aliphatic carbocycles. The first-order valence-electron chi connectivity index (χ1n) is 7.23. The number of hydrogen-bond acceptors (Lipinski definition) is 3. The molecule has 1 aliphatic rings. The molecule has 1 aliphatic heterocycles. The van der Waals surface area contributed by atoms with Crippen LogP contribution in [0.4, 0.5) is 0 Å². The van der Waals surface area contributed by atoms with Crippen LogP contribution in [0, 0.1) is 0 Å². The Labute approximate surface area is 118 Å². The van der Waals surface area contributed by atoms with E-state index in [4.69, 9.17) is 0 Å². The Morgan fingerprint density at radius 3 is 3.30 bits per heavy atom. The van der Waals surface area contributed by atoms with Crippen LogP contribution in [0.1, 0.15) is 30.1 Å². The van der Waals surface area contributed by atoms with Gasteiger partial charge in [-0.1, -0.05) is 6.92 Å². The molecule has 1 atom stereocenters. The lowest BCUT2D eigenvalue weighted by Crippen LogP contribution is -2.40. The number of imidazole rings is 1. The molecule has 2 N–H and O–H groups in total. The minimum Gasteiger partial charge on any atom is -0.350 e. The van der Waals surface area contributed by atoms with Crippen LogP contribution >= 0.6 is 0 Å². The molecular formula is C15H20N4O. The fourth-order valence-electron chi connectivity index (χ4n) is 2.93. The molecule has 2 aromatic rings.